The molecule has 1 atom stereocenters. The highest BCUT2D eigenvalue weighted by atomic mass is 14.7. The average Bonchev–Trinajstić information content (AvgIpc) is 2.45. The van der Waals surface area contributed by atoms with Crippen LogP contribution in [-0.4, -0.2) is 13.3 Å². The molecule has 0 bridgehead atoms. The van der Waals surface area contributed by atoms with Crippen LogP contribution in [0.4, 0.5) is 0 Å². The molecule has 0 heterocycles. The zero-order chi connectivity index (χ0) is 12.1. The molecule has 0 amide bonds. The molecule has 86 valence electrons. The Balaban J connectivity index is 3.21. The molecular formula is C15H21N. The molecule has 1 aliphatic carbocycles. The topological polar surface area (TPSA) is 12.4 Å². The van der Waals surface area contributed by atoms with Gasteiger partial charge in [-0.2, -0.15) is 0 Å². The summed E-state index contributed by atoms with van der Waals surface area (Å²) in [5, 5.41) is 0. The fourth-order valence-corrected chi connectivity index (χ4v) is 2.03. The van der Waals surface area contributed by atoms with Crippen LogP contribution >= 0.6 is 0 Å². The predicted molar refractivity (Wildman–Crippen MR) is 72.9 cm³/mol. The minimum absolute atomic E-state index is 0.0392. The molecule has 0 saturated heterocycles. The van der Waals surface area contributed by atoms with Crippen molar-refractivity contribution in [3.63, 3.8) is 0 Å². The molecule has 0 aromatic carbocycles. The van der Waals surface area contributed by atoms with E-state index in [9.17, 15) is 0 Å². The fraction of sp³-hybridized carbons (Fsp3) is 0.400. The van der Waals surface area contributed by atoms with E-state index >= 15 is 0 Å². The highest BCUT2D eigenvalue weighted by molar-refractivity contribution is 5.71. The van der Waals surface area contributed by atoms with Crippen LogP contribution in [0.2, 0.25) is 0 Å². The van der Waals surface area contributed by atoms with E-state index in [2.05, 4.69) is 67.4 Å². The van der Waals surface area contributed by atoms with Crippen LogP contribution in [0.3, 0.4) is 0 Å². The molecule has 0 aromatic heterocycles. The molecule has 0 aromatic rings. The second-order valence-electron chi connectivity index (χ2n) is 4.56. The van der Waals surface area contributed by atoms with E-state index in [0.29, 0.717) is 0 Å². The monoisotopic (exact) mass is 215 g/mol. The molecule has 1 unspecified atom stereocenters. The third-order valence-corrected chi connectivity index (χ3v) is 3.29. The molecule has 0 radical (unpaired) electrons. The Labute approximate surface area is 99.0 Å². The van der Waals surface area contributed by atoms with Gasteiger partial charge in [0.1, 0.15) is 0 Å². The summed E-state index contributed by atoms with van der Waals surface area (Å²) in [5.74, 6) is 0. The van der Waals surface area contributed by atoms with Gasteiger partial charge in [0.15, 0.2) is 0 Å². The smallest absolute Gasteiger partial charge is 0.0326 e. The Morgan fingerprint density at radius 1 is 1.12 bits per heavy atom. The molecule has 1 heteroatoms. The second-order valence-corrected chi connectivity index (χ2v) is 4.56. The molecule has 0 saturated carbocycles. The molecule has 0 spiro atoms. The maximum atomic E-state index is 4.21. The Hall–Kier alpha value is -1.37. The first-order valence-corrected chi connectivity index (χ1v) is 5.69. The van der Waals surface area contributed by atoms with Gasteiger partial charge in [-0.3, -0.25) is 4.99 Å². The summed E-state index contributed by atoms with van der Waals surface area (Å²) in [7, 11) is 1.83. The zero-order valence-corrected chi connectivity index (χ0v) is 10.6. The minimum Gasteiger partial charge on any atom is -0.300 e. The summed E-state index contributed by atoms with van der Waals surface area (Å²) in [6.07, 6.45) is 19.1. The molecular weight excluding hydrogens is 194 g/mol. The molecule has 1 nitrogen and oxygen atoms in total. The van der Waals surface area contributed by atoms with Gasteiger partial charge < -0.3 is 0 Å². The summed E-state index contributed by atoms with van der Waals surface area (Å²) >= 11 is 0. The standard InChI is InChI=1S/C15H21N/c1-5-10-15(3,13-16-4)14(2)11-8-6-7-9-12-14/h5-13H,1-4H3/b10-5-,16-13?. The van der Waals surface area contributed by atoms with Crippen molar-refractivity contribution < 1.29 is 0 Å². The second kappa shape index (κ2) is 5.11. The van der Waals surface area contributed by atoms with Gasteiger partial charge in [0.05, 0.1) is 0 Å². The molecule has 0 N–H and O–H groups in total. The first-order valence-electron chi connectivity index (χ1n) is 5.69. The molecule has 1 rings (SSSR count). The lowest BCUT2D eigenvalue weighted by atomic mass is 9.65. The van der Waals surface area contributed by atoms with Crippen molar-refractivity contribution in [2.24, 2.45) is 15.8 Å². The van der Waals surface area contributed by atoms with Crippen molar-refractivity contribution >= 4 is 6.21 Å². The van der Waals surface area contributed by atoms with E-state index < -0.39 is 0 Å². The van der Waals surface area contributed by atoms with E-state index in [1.54, 1.807) is 0 Å². The summed E-state index contributed by atoms with van der Waals surface area (Å²) in [5.41, 5.74) is -0.127. The van der Waals surface area contributed by atoms with Crippen molar-refractivity contribution in [2.75, 3.05) is 7.05 Å². The number of hydrogen-bond acceptors (Lipinski definition) is 1. The van der Waals surface area contributed by atoms with Crippen molar-refractivity contribution in [1.29, 1.82) is 0 Å². The van der Waals surface area contributed by atoms with Crippen molar-refractivity contribution in [2.45, 2.75) is 20.8 Å². The average molecular weight is 215 g/mol. The molecule has 16 heavy (non-hydrogen) atoms. The summed E-state index contributed by atoms with van der Waals surface area (Å²) in [6, 6.07) is 0. The predicted octanol–water partition coefficient (Wildman–Crippen LogP) is 3.96. The lowest BCUT2D eigenvalue weighted by Crippen LogP contribution is -2.34. The van der Waals surface area contributed by atoms with Gasteiger partial charge in [-0.15, -0.1) is 0 Å². The third-order valence-electron chi connectivity index (χ3n) is 3.29. The van der Waals surface area contributed by atoms with Gasteiger partial charge in [0.2, 0.25) is 0 Å². The number of nitrogens with zero attached hydrogens (tertiary/aromatic N) is 1. The van der Waals surface area contributed by atoms with E-state index in [0.717, 1.165) is 0 Å². The minimum atomic E-state index is -0.0878. The first-order chi connectivity index (χ1) is 7.58. The molecule has 0 aliphatic heterocycles. The quantitative estimate of drug-likeness (QED) is 0.499. The molecule has 1 aliphatic rings. The summed E-state index contributed by atoms with van der Waals surface area (Å²) in [6.45, 7) is 6.49. The van der Waals surface area contributed by atoms with Crippen LogP contribution in [0.5, 0.6) is 0 Å². The van der Waals surface area contributed by atoms with Gasteiger partial charge >= 0.3 is 0 Å². The van der Waals surface area contributed by atoms with Crippen LogP contribution in [-0.2, 0) is 0 Å². The maximum Gasteiger partial charge on any atom is 0.0326 e. The van der Waals surface area contributed by atoms with Crippen molar-refractivity contribution in [1.82, 2.24) is 0 Å². The Bertz CT molecular complexity index is 337. The summed E-state index contributed by atoms with van der Waals surface area (Å²) in [4.78, 5) is 4.21. The van der Waals surface area contributed by atoms with Crippen LogP contribution in [0.15, 0.2) is 53.6 Å². The SMILES string of the molecule is C/C=C\C(C)(C=NC)C1(C)C=CC=CC=C1. The fourth-order valence-electron chi connectivity index (χ4n) is 2.03. The van der Waals surface area contributed by atoms with Gasteiger partial charge in [-0.25, -0.2) is 0 Å². The van der Waals surface area contributed by atoms with Crippen LogP contribution in [0.25, 0.3) is 0 Å². The van der Waals surface area contributed by atoms with E-state index in [4.69, 9.17) is 0 Å². The molecule has 0 fully saturated rings. The van der Waals surface area contributed by atoms with Crippen LogP contribution in [0, 0.1) is 10.8 Å². The Kier molecular flexibility index (Phi) is 4.05. The van der Waals surface area contributed by atoms with E-state index in [-0.39, 0.29) is 10.8 Å². The zero-order valence-electron chi connectivity index (χ0n) is 10.6. The summed E-state index contributed by atoms with van der Waals surface area (Å²) < 4.78 is 0. The van der Waals surface area contributed by atoms with Crippen LogP contribution < -0.4 is 0 Å². The van der Waals surface area contributed by atoms with Crippen LogP contribution in [0.1, 0.15) is 20.8 Å². The highest BCUT2D eigenvalue weighted by Crippen LogP contribution is 2.42. The van der Waals surface area contributed by atoms with Gasteiger partial charge in [-0.05, 0) is 13.8 Å². The Morgan fingerprint density at radius 3 is 2.12 bits per heavy atom. The number of rotatable bonds is 3. The first kappa shape index (κ1) is 12.7. The normalized spacial score (nSPS) is 22.8. The van der Waals surface area contributed by atoms with Gasteiger partial charge in [-0.1, -0.05) is 55.5 Å². The van der Waals surface area contributed by atoms with Crippen molar-refractivity contribution in [3.8, 4) is 0 Å². The lowest BCUT2D eigenvalue weighted by Gasteiger charge is -2.38. The number of hydrogen-bond donors (Lipinski definition) is 0. The maximum absolute atomic E-state index is 4.21. The van der Waals surface area contributed by atoms with Gasteiger partial charge in [0.25, 0.3) is 0 Å². The van der Waals surface area contributed by atoms with E-state index in [1.807, 2.05) is 20.2 Å². The van der Waals surface area contributed by atoms with Gasteiger partial charge in [0, 0.05) is 24.1 Å². The highest BCUT2D eigenvalue weighted by Gasteiger charge is 2.37. The largest absolute Gasteiger partial charge is 0.300 e. The Morgan fingerprint density at radius 2 is 1.69 bits per heavy atom. The number of allylic oxidation sites excluding steroid dienone is 8. The third kappa shape index (κ3) is 2.41. The lowest BCUT2D eigenvalue weighted by molar-refractivity contribution is 0.351. The van der Waals surface area contributed by atoms with E-state index in [1.165, 1.54) is 0 Å². The number of aliphatic imine (C=N–C) groups is 1. The van der Waals surface area contributed by atoms with Crippen molar-refractivity contribution in [3.05, 3.63) is 48.6 Å².